The number of carbonyl (C=O) groups excluding carboxylic acids is 1. The molecule has 0 spiro atoms. The van der Waals surface area contributed by atoms with Crippen molar-refractivity contribution in [2.45, 2.75) is 44.2 Å². The first-order chi connectivity index (χ1) is 20.5. The van der Waals surface area contributed by atoms with Crippen LogP contribution in [0, 0.1) is 17.1 Å². The van der Waals surface area contributed by atoms with Crippen LogP contribution in [-0.2, 0) is 4.79 Å². The molecular formula is C30H33FN10O. The van der Waals surface area contributed by atoms with Crippen LogP contribution in [0.5, 0.6) is 0 Å². The molecule has 2 N–H and O–H groups in total. The third kappa shape index (κ3) is 5.60. The number of rotatable bonds is 7. The predicted octanol–water partition coefficient (Wildman–Crippen LogP) is 3.50. The van der Waals surface area contributed by atoms with Crippen molar-refractivity contribution >= 4 is 23.1 Å². The van der Waals surface area contributed by atoms with Gasteiger partial charge in [0.2, 0.25) is 5.91 Å². The normalized spacial score (nSPS) is 17.8. The van der Waals surface area contributed by atoms with Gasteiger partial charge >= 0.3 is 0 Å². The topological polar surface area (TPSA) is 127 Å². The van der Waals surface area contributed by atoms with Crippen LogP contribution in [0.1, 0.15) is 32.1 Å². The molecule has 4 aromatic rings. The van der Waals surface area contributed by atoms with Crippen LogP contribution in [0.25, 0.3) is 28.2 Å². The number of aromatic nitrogens is 5. The van der Waals surface area contributed by atoms with Gasteiger partial charge in [-0.3, -0.25) is 4.79 Å². The predicted molar refractivity (Wildman–Crippen MR) is 157 cm³/mol. The summed E-state index contributed by atoms with van der Waals surface area (Å²) in [5.74, 6) is 0.444. The summed E-state index contributed by atoms with van der Waals surface area (Å²) in [7, 11) is 1.99. The summed E-state index contributed by atoms with van der Waals surface area (Å²) in [5.41, 5.74) is 2.15. The summed E-state index contributed by atoms with van der Waals surface area (Å²) >= 11 is 0. The molecule has 6 heterocycles. The Labute approximate surface area is 243 Å². The van der Waals surface area contributed by atoms with Crippen LogP contribution >= 0.6 is 0 Å². The first kappa shape index (κ1) is 27.5. The quantitative estimate of drug-likeness (QED) is 0.344. The van der Waals surface area contributed by atoms with Crippen molar-refractivity contribution in [3.8, 4) is 28.7 Å². The smallest absolute Gasteiger partial charge is 0.236 e. The van der Waals surface area contributed by atoms with Crippen molar-refractivity contribution < 1.29 is 9.18 Å². The SMILES string of the molecule is CNC1CCN(c2ccc(-c3nc(-c4cnn5ccccc45)nc(N[C@@H]4CCCN(C(=O)CC#N)C4)c3F)cn2)CC1. The van der Waals surface area contributed by atoms with Crippen molar-refractivity contribution in [2.24, 2.45) is 0 Å². The highest BCUT2D eigenvalue weighted by atomic mass is 19.1. The molecule has 0 aliphatic carbocycles. The third-order valence-electron chi connectivity index (χ3n) is 8.11. The van der Waals surface area contributed by atoms with E-state index in [-0.39, 0.29) is 29.9 Å². The molecule has 0 bridgehead atoms. The summed E-state index contributed by atoms with van der Waals surface area (Å²) in [4.78, 5) is 30.2. The largest absolute Gasteiger partial charge is 0.363 e. The molecule has 12 heteroatoms. The van der Waals surface area contributed by atoms with Crippen molar-refractivity contribution in [3.63, 3.8) is 0 Å². The van der Waals surface area contributed by atoms with Gasteiger partial charge in [0.05, 0.1) is 23.3 Å². The average molecular weight is 569 g/mol. The minimum absolute atomic E-state index is 0.0584. The number of hydrogen-bond donors (Lipinski definition) is 2. The lowest BCUT2D eigenvalue weighted by Gasteiger charge is -2.33. The Kier molecular flexibility index (Phi) is 7.92. The Balaban J connectivity index is 1.34. The molecule has 0 saturated carbocycles. The van der Waals surface area contributed by atoms with E-state index in [1.807, 2.05) is 49.6 Å². The molecular weight excluding hydrogens is 535 g/mol. The molecule has 1 amide bonds. The minimum Gasteiger partial charge on any atom is -0.363 e. The number of pyridine rings is 2. The Hall–Kier alpha value is -4.63. The van der Waals surface area contributed by atoms with Crippen LogP contribution in [0.4, 0.5) is 16.0 Å². The van der Waals surface area contributed by atoms with Crippen molar-refractivity contribution in [3.05, 3.63) is 54.7 Å². The second-order valence-electron chi connectivity index (χ2n) is 10.8. The van der Waals surface area contributed by atoms with E-state index < -0.39 is 5.82 Å². The summed E-state index contributed by atoms with van der Waals surface area (Å²) in [6.07, 6.45) is 8.56. The molecule has 0 unspecified atom stereocenters. The van der Waals surface area contributed by atoms with E-state index in [1.165, 1.54) is 0 Å². The van der Waals surface area contributed by atoms with Gasteiger partial charge in [-0.2, -0.15) is 10.4 Å². The molecule has 216 valence electrons. The number of nitrogens with one attached hydrogen (secondary N) is 2. The fraction of sp³-hybridized carbons (Fsp3) is 0.400. The van der Waals surface area contributed by atoms with Crippen LogP contribution in [0.3, 0.4) is 0 Å². The monoisotopic (exact) mass is 568 g/mol. The fourth-order valence-electron chi connectivity index (χ4n) is 5.77. The van der Waals surface area contributed by atoms with Gasteiger partial charge < -0.3 is 20.4 Å². The van der Waals surface area contributed by atoms with Gasteiger partial charge in [-0.05, 0) is 57.0 Å². The fourth-order valence-corrected chi connectivity index (χ4v) is 5.77. The van der Waals surface area contributed by atoms with E-state index in [0.29, 0.717) is 36.1 Å². The van der Waals surface area contributed by atoms with Crippen molar-refractivity contribution in [2.75, 3.05) is 43.4 Å². The molecule has 2 fully saturated rings. The summed E-state index contributed by atoms with van der Waals surface area (Å²) in [6, 6.07) is 11.7. The number of nitriles is 1. The number of piperidine rings is 2. The van der Waals surface area contributed by atoms with Crippen LogP contribution in [-0.4, -0.2) is 80.7 Å². The zero-order chi connectivity index (χ0) is 29.1. The lowest BCUT2D eigenvalue weighted by molar-refractivity contribution is -0.131. The zero-order valence-electron chi connectivity index (χ0n) is 23.5. The van der Waals surface area contributed by atoms with E-state index in [1.54, 1.807) is 21.8 Å². The number of amides is 1. The molecule has 2 aliphatic heterocycles. The minimum atomic E-state index is -0.583. The maximum absolute atomic E-state index is 16.2. The molecule has 4 aromatic heterocycles. The Morgan fingerprint density at radius 3 is 2.71 bits per heavy atom. The lowest BCUT2D eigenvalue weighted by atomic mass is 10.0. The maximum Gasteiger partial charge on any atom is 0.236 e. The molecule has 2 aliphatic rings. The van der Waals surface area contributed by atoms with Gasteiger partial charge in [-0.25, -0.2) is 23.9 Å². The van der Waals surface area contributed by atoms with Gasteiger partial charge in [0.25, 0.3) is 0 Å². The highest BCUT2D eigenvalue weighted by Crippen LogP contribution is 2.32. The molecule has 2 saturated heterocycles. The second kappa shape index (κ2) is 12.1. The Bertz CT molecular complexity index is 1610. The molecule has 0 aromatic carbocycles. The van der Waals surface area contributed by atoms with E-state index in [9.17, 15) is 4.79 Å². The first-order valence-electron chi connectivity index (χ1n) is 14.3. The number of likely N-dealkylation sites (tertiary alicyclic amines) is 1. The Morgan fingerprint density at radius 1 is 1.10 bits per heavy atom. The number of nitrogens with zero attached hydrogens (tertiary/aromatic N) is 8. The van der Waals surface area contributed by atoms with Crippen LogP contribution in [0.2, 0.25) is 0 Å². The van der Waals surface area contributed by atoms with Gasteiger partial charge in [0.1, 0.15) is 17.9 Å². The number of anilines is 2. The molecule has 42 heavy (non-hydrogen) atoms. The number of hydrogen-bond acceptors (Lipinski definition) is 9. The van der Waals surface area contributed by atoms with Gasteiger partial charge in [0, 0.05) is 56.2 Å². The summed E-state index contributed by atoms with van der Waals surface area (Å²) in [5, 5.41) is 20.0. The molecule has 1 atom stereocenters. The molecule has 6 rings (SSSR count). The zero-order valence-corrected chi connectivity index (χ0v) is 23.5. The summed E-state index contributed by atoms with van der Waals surface area (Å²) in [6.45, 7) is 2.75. The number of halogens is 1. The highest BCUT2D eigenvalue weighted by molar-refractivity contribution is 5.79. The Morgan fingerprint density at radius 2 is 1.95 bits per heavy atom. The van der Waals surface area contributed by atoms with Crippen LogP contribution in [0.15, 0.2) is 48.9 Å². The number of fused-ring (bicyclic) bond motifs is 1. The van der Waals surface area contributed by atoms with E-state index in [4.69, 9.17) is 5.26 Å². The van der Waals surface area contributed by atoms with Crippen molar-refractivity contribution in [1.82, 2.24) is 34.8 Å². The maximum atomic E-state index is 16.2. The number of carbonyl (C=O) groups is 1. The third-order valence-corrected chi connectivity index (χ3v) is 8.11. The van der Waals surface area contributed by atoms with E-state index in [2.05, 4.69) is 35.6 Å². The molecule has 11 nitrogen and oxygen atoms in total. The highest BCUT2D eigenvalue weighted by Gasteiger charge is 2.27. The van der Waals surface area contributed by atoms with Gasteiger partial charge in [0.15, 0.2) is 17.5 Å². The lowest BCUT2D eigenvalue weighted by Crippen LogP contribution is -2.45. The summed E-state index contributed by atoms with van der Waals surface area (Å²) < 4.78 is 17.9. The standard InChI is InChI=1S/C30H33FN10O/c1-33-21-10-15-39(16-11-21)25-8-7-20(17-34-25)28-27(31)30(36-22-5-4-13-40(19-22)26(42)9-12-32)38-29(37-28)23-18-35-41-14-3-2-6-24(23)41/h2-3,6-8,14,17-18,21-22,33H,4-5,9-11,13,15-16,19H2,1H3,(H,36,37,38)/t22-/m1/s1. The van der Waals surface area contributed by atoms with Gasteiger partial charge in [-0.15, -0.1) is 0 Å². The van der Waals surface area contributed by atoms with E-state index in [0.717, 1.165) is 50.1 Å². The second-order valence-corrected chi connectivity index (χ2v) is 10.8. The van der Waals surface area contributed by atoms with Gasteiger partial charge in [-0.1, -0.05) is 6.07 Å². The molecule has 0 radical (unpaired) electrons. The van der Waals surface area contributed by atoms with Crippen LogP contribution < -0.4 is 15.5 Å². The average Bonchev–Trinajstić information content (AvgIpc) is 3.47. The van der Waals surface area contributed by atoms with E-state index >= 15 is 4.39 Å². The first-order valence-corrected chi connectivity index (χ1v) is 14.3. The van der Waals surface area contributed by atoms with Crippen molar-refractivity contribution in [1.29, 1.82) is 5.26 Å².